The van der Waals surface area contributed by atoms with E-state index in [-0.39, 0.29) is 11.3 Å². The molecule has 110 valence electrons. The first-order valence-electron chi connectivity index (χ1n) is 6.50. The molecule has 21 heavy (non-hydrogen) atoms. The van der Waals surface area contributed by atoms with Crippen molar-refractivity contribution < 1.29 is 19.0 Å². The topological polar surface area (TPSA) is 58.6 Å². The Balaban J connectivity index is 1.97. The standard InChI is InChI=1S/C16H16FNO3/c1-21-15-5-3-2-4-11(15)8-9-18-16(20)13-10-12(17)6-7-14(13)19/h2-7,10,19H,8-9H2,1H3,(H,18,20). The highest BCUT2D eigenvalue weighted by molar-refractivity contribution is 5.96. The highest BCUT2D eigenvalue weighted by Gasteiger charge is 2.12. The summed E-state index contributed by atoms with van der Waals surface area (Å²) in [4.78, 5) is 11.9. The maximum atomic E-state index is 13.1. The summed E-state index contributed by atoms with van der Waals surface area (Å²) in [5.41, 5.74) is 0.888. The second-order valence-corrected chi connectivity index (χ2v) is 4.48. The van der Waals surface area contributed by atoms with Crippen LogP contribution < -0.4 is 10.1 Å². The number of ether oxygens (including phenoxy) is 1. The molecule has 0 aliphatic heterocycles. The fraction of sp³-hybridized carbons (Fsp3) is 0.188. The highest BCUT2D eigenvalue weighted by Crippen LogP contribution is 2.19. The minimum atomic E-state index is -0.567. The first-order valence-corrected chi connectivity index (χ1v) is 6.50. The van der Waals surface area contributed by atoms with Crippen LogP contribution in [0.2, 0.25) is 0 Å². The number of methoxy groups -OCH3 is 1. The second-order valence-electron chi connectivity index (χ2n) is 4.48. The first-order chi connectivity index (χ1) is 10.1. The number of phenolic OH excluding ortho intramolecular Hbond substituents is 1. The number of para-hydroxylation sites is 1. The van der Waals surface area contributed by atoms with Gasteiger partial charge in [0.25, 0.3) is 5.91 Å². The number of aromatic hydroxyl groups is 1. The summed E-state index contributed by atoms with van der Waals surface area (Å²) in [5.74, 6) is -0.573. The molecule has 1 amide bonds. The first kappa shape index (κ1) is 14.8. The van der Waals surface area contributed by atoms with Crippen molar-refractivity contribution in [2.24, 2.45) is 0 Å². The molecule has 2 aromatic carbocycles. The van der Waals surface area contributed by atoms with E-state index in [2.05, 4.69) is 5.32 Å². The molecular weight excluding hydrogens is 273 g/mol. The van der Waals surface area contributed by atoms with Crippen LogP contribution in [0.5, 0.6) is 11.5 Å². The number of hydrogen-bond acceptors (Lipinski definition) is 3. The number of carbonyl (C=O) groups is 1. The zero-order valence-corrected chi connectivity index (χ0v) is 11.6. The summed E-state index contributed by atoms with van der Waals surface area (Å²) < 4.78 is 18.3. The van der Waals surface area contributed by atoms with E-state index in [0.29, 0.717) is 13.0 Å². The van der Waals surface area contributed by atoms with Crippen molar-refractivity contribution in [1.82, 2.24) is 5.32 Å². The van der Waals surface area contributed by atoms with Crippen LogP contribution in [0.25, 0.3) is 0 Å². The van der Waals surface area contributed by atoms with Crippen molar-refractivity contribution in [3.63, 3.8) is 0 Å². The van der Waals surface area contributed by atoms with E-state index >= 15 is 0 Å². The SMILES string of the molecule is COc1ccccc1CCNC(=O)c1cc(F)ccc1O. The van der Waals surface area contributed by atoms with Gasteiger partial charge in [0.05, 0.1) is 12.7 Å². The number of nitrogens with one attached hydrogen (secondary N) is 1. The number of carbonyl (C=O) groups excluding carboxylic acids is 1. The third-order valence-corrected chi connectivity index (χ3v) is 3.08. The quantitative estimate of drug-likeness (QED) is 0.889. The molecule has 0 saturated carbocycles. The molecule has 0 fully saturated rings. The van der Waals surface area contributed by atoms with Crippen LogP contribution in [0.15, 0.2) is 42.5 Å². The van der Waals surface area contributed by atoms with Gasteiger partial charge in [-0.2, -0.15) is 0 Å². The van der Waals surface area contributed by atoms with Gasteiger partial charge in [-0.1, -0.05) is 18.2 Å². The molecule has 0 saturated heterocycles. The van der Waals surface area contributed by atoms with Gasteiger partial charge in [-0.05, 0) is 36.2 Å². The maximum absolute atomic E-state index is 13.1. The fourth-order valence-corrected chi connectivity index (χ4v) is 2.01. The molecule has 0 aromatic heterocycles. The minimum Gasteiger partial charge on any atom is -0.507 e. The summed E-state index contributed by atoms with van der Waals surface area (Å²) in [6.07, 6.45) is 0.575. The third kappa shape index (κ3) is 3.72. The van der Waals surface area contributed by atoms with Gasteiger partial charge in [-0.25, -0.2) is 4.39 Å². The molecule has 0 atom stereocenters. The van der Waals surface area contributed by atoms with E-state index in [1.807, 2.05) is 24.3 Å². The summed E-state index contributed by atoms with van der Waals surface area (Å²) in [6, 6.07) is 10.8. The van der Waals surface area contributed by atoms with Crippen LogP contribution in [-0.4, -0.2) is 24.7 Å². The molecule has 0 aliphatic rings. The lowest BCUT2D eigenvalue weighted by Gasteiger charge is -2.09. The van der Waals surface area contributed by atoms with Crippen molar-refractivity contribution in [3.05, 3.63) is 59.4 Å². The maximum Gasteiger partial charge on any atom is 0.255 e. The van der Waals surface area contributed by atoms with Gasteiger partial charge in [-0.3, -0.25) is 4.79 Å². The molecule has 0 radical (unpaired) electrons. The summed E-state index contributed by atoms with van der Waals surface area (Å²) >= 11 is 0. The fourth-order valence-electron chi connectivity index (χ4n) is 2.01. The van der Waals surface area contributed by atoms with Crippen LogP contribution >= 0.6 is 0 Å². The van der Waals surface area contributed by atoms with Crippen LogP contribution in [0.4, 0.5) is 4.39 Å². The molecule has 0 unspecified atom stereocenters. The van der Waals surface area contributed by atoms with Crippen LogP contribution in [-0.2, 0) is 6.42 Å². The van der Waals surface area contributed by atoms with Gasteiger partial charge in [-0.15, -0.1) is 0 Å². The highest BCUT2D eigenvalue weighted by atomic mass is 19.1. The summed E-state index contributed by atoms with van der Waals surface area (Å²) in [7, 11) is 1.59. The molecule has 0 heterocycles. The Morgan fingerprint density at radius 1 is 1.29 bits per heavy atom. The van der Waals surface area contributed by atoms with Gasteiger partial charge >= 0.3 is 0 Å². The minimum absolute atomic E-state index is 0.0740. The van der Waals surface area contributed by atoms with Crippen LogP contribution in [0, 0.1) is 5.82 Å². The lowest BCUT2D eigenvalue weighted by Crippen LogP contribution is -2.26. The Hall–Kier alpha value is -2.56. The van der Waals surface area contributed by atoms with Crippen LogP contribution in [0.3, 0.4) is 0 Å². The van der Waals surface area contributed by atoms with E-state index in [1.165, 1.54) is 0 Å². The Labute approximate surface area is 122 Å². The number of phenols is 1. The van der Waals surface area contributed by atoms with Crippen molar-refractivity contribution >= 4 is 5.91 Å². The van der Waals surface area contributed by atoms with E-state index in [4.69, 9.17) is 4.74 Å². The molecular formula is C16H16FNO3. The van der Waals surface area contributed by atoms with Crippen LogP contribution in [0.1, 0.15) is 15.9 Å². The number of benzene rings is 2. The molecule has 5 heteroatoms. The van der Waals surface area contributed by atoms with Crippen molar-refractivity contribution in [2.75, 3.05) is 13.7 Å². The van der Waals surface area contributed by atoms with Gasteiger partial charge < -0.3 is 15.2 Å². The van der Waals surface area contributed by atoms with E-state index in [0.717, 1.165) is 29.5 Å². The molecule has 2 N–H and O–H groups in total. The molecule has 2 rings (SSSR count). The zero-order chi connectivity index (χ0) is 15.2. The Bertz CT molecular complexity index is 643. The number of rotatable bonds is 5. The van der Waals surface area contributed by atoms with Crippen molar-refractivity contribution in [2.45, 2.75) is 6.42 Å². The monoisotopic (exact) mass is 289 g/mol. The average Bonchev–Trinajstić information content (AvgIpc) is 2.50. The Morgan fingerprint density at radius 2 is 2.05 bits per heavy atom. The smallest absolute Gasteiger partial charge is 0.255 e. The van der Waals surface area contributed by atoms with E-state index in [9.17, 15) is 14.3 Å². The predicted octanol–water partition coefficient (Wildman–Crippen LogP) is 2.51. The normalized spacial score (nSPS) is 10.2. The van der Waals surface area contributed by atoms with Gasteiger partial charge in [0.15, 0.2) is 0 Å². The van der Waals surface area contributed by atoms with Crippen molar-refractivity contribution in [1.29, 1.82) is 0 Å². The van der Waals surface area contributed by atoms with E-state index in [1.54, 1.807) is 7.11 Å². The number of hydrogen-bond donors (Lipinski definition) is 2. The molecule has 0 bridgehead atoms. The lowest BCUT2D eigenvalue weighted by atomic mass is 10.1. The largest absolute Gasteiger partial charge is 0.507 e. The average molecular weight is 289 g/mol. The van der Waals surface area contributed by atoms with E-state index < -0.39 is 11.7 Å². The third-order valence-electron chi connectivity index (χ3n) is 3.08. The Morgan fingerprint density at radius 3 is 2.81 bits per heavy atom. The summed E-state index contributed by atoms with van der Waals surface area (Å²) in [6.45, 7) is 0.356. The zero-order valence-electron chi connectivity index (χ0n) is 11.6. The Kier molecular flexibility index (Phi) is 4.77. The number of halogens is 1. The predicted molar refractivity (Wildman–Crippen MR) is 77.1 cm³/mol. The van der Waals surface area contributed by atoms with Crippen molar-refractivity contribution in [3.8, 4) is 11.5 Å². The van der Waals surface area contributed by atoms with Gasteiger partial charge in [0.2, 0.25) is 0 Å². The summed E-state index contributed by atoms with van der Waals surface area (Å²) in [5, 5.41) is 12.2. The molecule has 2 aromatic rings. The molecule has 4 nitrogen and oxygen atoms in total. The second kappa shape index (κ2) is 6.74. The molecule has 0 spiro atoms. The molecule has 0 aliphatic carbocycles. The number of amides is 1. The van der Waals surface area contributed by atoms with Gasteiger partial charge in [0.1, 0.15) is 17.3 Å². The van der Waals surface area contributed by atoms with Gasteiger partial charge in [0, 0.05) is 6.54 Å². The lowest BCUT2D eigenvalue weighted by molar-refractivity contribution is 0.0951.